The Morgan fingerprint density at radius 1 is 0.960 bits per heavy atom. The van der Waals surface area contributed by atoms with Crippen LogP contribution < -0.4 is 10.1 Å². The molecule has 0 saturated carbocycles. The van der Waals surface area contributed by atoms with Crippen molar-refractivity contribution in [2.24, 2.45) is 0 Å². The number of amides is 2. The summed E-state index contributed by atoms with van der Waals surface area (Å²) in [6.07, 6.45) is 1.44. The highest BCUT2D eigenvalue weighted by Gasteiger charge is 2.07. The van der Waals surface area contributed by atoms with Crippen molar-refractivity contribution in [1.29, 1.82) is 0 Å². The van der Waals surface area contributed by atoms with Crippen LogP contribution in [0.1, 0.15) is 17.5 Å². The molecule has 2 aromatic rings. The number of nitrogens with one attached hydrogen (secondary N) is 1. The first kappa shape index (κ1) is 18.5. The Hall–Kier alpha value is -2.82. The summed E-state index contributed by atoms with van der Waals surface area (Å²) < 4.78 is 5.12. The summed E-state index contributed by atoms with van der Waals surface area (Å²) in [7, 11) is 5.10. The zero-order chi connectivity index (χ0) is 18.2. The molecule has 0 aliphatic carbocycles. The zero-order valence-corrected chi connectivity index (χ0v) is 14.9. The van der Waals surface area contributed by atoms with Gasteiger partial charge in [-0.05, 0) is 41.8 Å². The van der Waals surface area contributed by atoms with E-state index in [4.69, 9.17) is 4.74 Å². The quantitative estimate of drug-likeness (QED) is 0.843. The Bertz CT molecular complexity index is 707. The highest BCUT2D eigenvalue weighted by molar-refractivity contribution is 5.90. The normalized spacial score (nSPS) is 10.2. The number of methoxy groups -OCH3 is 1. The van der Waals surface area contributed by atoms with E-state index in [9.17, 15) is 9.59 Å². The number of carbonyl (C=O) groups excluding carboxylic acids is 2. The van der Waals surface area contributed by atoms with Crippen molar-refractivity contribution < 1.29 is 14.3 Å². The summed E-state index contributed by atoms with van der Waals surface area (Å²) in [4.78, 5) is 25.3. The second-order valence-corrected chi connectivity index (χ2v) is 6.06. The lowest BCUT2D eigenvalue weighted by molar-refractivity contribution is -0.128. The van der Waals surface area contributed by atoms with Crippen LogP contribution in [0.2, 0.25) is 0 Å². The molecule has 0 saturated heterocycles. The molecule has 0 unspecified atom stereocenters. The monoisotopic (exact) mass is 340 g/mol. The van der Waals surface area contributed by atoms with Gasteiger partial charge in [-0.3, -0.25) is 9.59 Å². The molecule has 0 bridgehead atoms. The lowest BCUT2D eigenvalue weighted by Gasteiger charge is -2.10. The third kappa shape index (κ3) is 5.95. The topological polar surface area (TPSA) is 58.6 Å². The number of nitrogens with zero attached hydrogens (tertiary/aromatic N) is 1. The molecule has 0 atom stereocenters. The third-order valence-corrected chi connectivity index (χ3v) is 3.89. The lowest BCUT2D eigenvalue weighted by atomic mass is 10.1. The third-order valence-electron chi connectivity index (χ3n) is 3.89. The molecule has 0 fully saturated rings. The van der Waals surface area contributed by atoms with Crippen molar-refractivity contribution in [3.63, 3.8) is 0 Å². The van der Waals surface area contributed by atoms with Gasteiger partial charge >= 0.3 is 0 Å². The number of benzene rings is 2. The van der Waals surface area contributed by atoms with Crippen LogP contribution in [-0.4, -0.2) is 37.9 Å². The minimum absolute atomic E-state index is 0.0343. The largest absolute Gasteiger partial charge is 0.497 e. The molecule has 2 amide bonds. The number of rotatable bonds is 7. The molecule has 132 valence electrons. The first-order valence-electron chi connectivity index (χ1n) is 8.20. The van der Waals surface area contributed by atoms with Crippen molar-refractivity contribution in [2.75, 3.05) is 26.5 Å². The van der Waals surface area contributed by atoms with Gasteiger partial charge in [-0.1, -0.05) is 24.3 Å². The van der Waals surface area contributed by atoms with E-state index in [0.717, 1.165) is 22.6 Å². The summed E-state index contributed by atoms with van der Waals surface area (Å²) in [5, 5.41) is 2.88. The summed E-state index contributed by atoms with van der Waals surface area (Å²) in [6, 6.07) is 15.1. The minimum Gasteiger partial charge on any atom is -0.497 e. The predicted molar refractivity (Wildman–Crippen MR) is 98.8 cm³/mol. The van der Waals surface area contributed by atoms with Crippen LogP contribution in [0.15, 0.2) is 48.5 Å². The molecule has 2 aromatic carbocycles. The van der Waals surface area contributed by atoms with E-state index in [1.165, 1.54) is 0 Å². The highest BCUT2D eigenvalue weighted by Crippen LogP contribution is 2.14. The summed E-state index contributed by atoms with van der Waals surface area (Å²) >= 11 is 0. The SMILES string of the molecule is COc1ccc(CCC(=O)Nc2ccc(CC(=O)N(C)C)cc2)cc1. The molecule has 5 nitrogen and oxygen atoms in total. The van der Waals surface area contributed by atoms with E-state index in [-0.39, 0.29) is 11.8 Å². The molecule has 0 spiro atoms. The average Bonchev–Trinajstić information content (AvgIpc) is 2.62. The Morgan fingerprint density at radius 3 is 2.12 bits per heavy atom. The highest BCUT2D eigenvalue weighted by atomic mass is 16.5. The summed E-state index contributed by atoms with van der Waals surface area (Å²) in [6.45, 7) is 0. The van der Waals surface area contributed by atoms with E-state index in [1.807, 2.05) is 48.5 Å². The van der Waals surface area contributed by atoms with Crippen molar-refractivity contribution in [1.82, 2.24) is 4.90 Å². The molecular formula is C20H24N2O3. The van der Waals surface area contributed by atoms with Crippen LogP contribution in [0.25, 0.3) is 0 Å². The maximum Gasteiger partial charge on any atom is 0.226 e. The molecule has 0 aliphatic rings. The predicted octanol–water partition coefficient (Wildman–Crippen LogP) is 2.90. The van der Waals surface area contributed by atoms with Gasteiger partial charge in [0.1, 0.15) is 5.75 Å². The van der Waals surface area contributed by atoms with Crippen LogP contribution in [0.5, 0.6) is 5.75 Å². The Morgan fingerprint density at radius 2 is 1.56 bits per heavy atom. The number of aryl methyl sites for hydroxylation is 1. The van der Waals surface area contributed by atoms with Gasteiger partial charge < -0.3 is 15.0 Å². The van der Waals surface area contributed by atoms with E-state index in [1.54, 1.807) is 26.1 Å². The van der Waals surface area contributed by atoms with Gasteiger partial charge in [-0.25, -0.2) is 0 Å². The average molecular weight is 340 g/mol. The van der Waals surface area contributed by atoms with Gasteiger partial charge in [0.05, 0.1) is 13.5 Å². The first-order valence-corrected chi connectivity index (χ1v) is 8.20. The maximum atomic E-state index is 12.1. The summed E-state index contributed by atoms with van der Waals surface area (Å²) in [5.41, 5.74) is 2.75. The fourth-order valence-corrected chi connectivity index (χ4v) is 2.31. The molecule has 0 aromatic heterocycles. The van der Waals surface area contributed by atoms with Gasteiger partial charge in [0.2, 0.25) is 11.8 Å². The number of hydrogen-bond donors (Lipinski definition) is 1. The van der Waals surface area contributed by atoms with Crippen LogP contribution in [-0.2, 0) is 22.4 Å². The zero-order valence-electron chi connectivity index (χ0n) is 14.9. The van der Waals surface area contributed by atoms with Gasteiger partial charge in [0.25, 0.3) is 0 Å². The molecule has 5 heteroatoms. The number of ether oxygens (including phenoxy) is 1. The Balaban J connectivity index is 1.82. The van der Waals surface area contributed by atoms with Crippen LogP contribution in [0.4, 0.5) is 5.69 Å². The van der Waals surface area contributed by atoms with E-state index in [0.29, 0.717) is 19.3 Å². The molecular weight excluding hydrogens is 316 g/mol. The van der Waals surface area contributed by atoms with Crippen LogP contribution >= 0.6 is 0 Å². The van der Waals surface area contributed by atoms with Gasteiger partial charge in [-0.2, -0.15) is 0 Å². The second-order valence-electron chi connectivity index (χ2n) is 6.06. The lowest BCUT2D eigenvalue weighted by Crippen LogP contribution is -2.23. The van der Waals surface area contributed by atoms with Crippen molar-refractivity contribution >= 4 is 17.5 Å². The fourth-order valence-electron chi connectivity index (χ4n) is 2.31. The molecule has 2 rings (SSSR count). The standard InChI is InChI=1S/C20H24N2O3/c1-22(2)20(24)14-16-4-9-17(10-5-16)21-19(23)13-8-15-6-11-18(25-3)12-7-15/h4-7,9-12H,8,13-14H2,1-3H3,(H,21,23). The minimum atomic E-state index is -0.0343. The van der Waals surface area contributed by atoms with Gasteiger partial charge in [0.15, 0.2) is 0 Å². The van der Waals surface area contributed by atoms with Crippen molar-refractivity contribution in [3.05, 3.63) is 59.7 Å². The number of likely N-dealkylation sites (N-methyl/N-ethyl adjacent to an activating group) is 1. The Labute approximate surface area is 148 Å². The molecule has 25 heavy (non-hydrogen) atoms. The summed E-state index contributed by atoms with van der Waals surface area (Å²) in [5.74, 6) is 0.824. The van der Waals surface area contributed by atoms with Crippen molar-refractivity contribution in [2.45, 2.75) is 19.3 Å². The second kappa shape index (κ2) is 8.87. The van der Waals surface area contributed by atoms with Crippen molar-refractivity contribution in [3.8, 4) is 5.75 Å². The van der Waals surface area contributed by atoms with Crippen LogP contribution in [0, 0.1) is 0 Å². The molecule has 0 radical (unpaired) electrons. The number of hydrogen-bond acceptors (Lipinski definition) is 3. The fraction of sp³-hybridized carbons (Fsp3) is 0.300. The van der Waals surface area contributed by atoms with E-state index >= 15 is 0 Å². The van der Waals surface area contributed by atoms with Gasteiger partial charge in [0, 0.05) is 26.2 Å². The van der Waals surface area contributed by atoms with E-state index < -0.39 is 0 Å². The maximum absolute atomic E-state index is 12.1. The molecule has 0 aliphatic heterocycles. The Kier molecular flexibility index (Phi) is 6.57. The molecule has 1 N–H and O–H groups in total. The van der Waals surface area contributed by atoms with Crippen LogP contribution in [0.3, 0.4) is 0 Å². The first-order chi connectivity index (χ1) is 12.0. The molecule has 0 heterocycles. The smallest absolute Gasteiger partial charge is 0.226 e. The number of carbonyl (C=O) groups is 2. The van der Waals surface area contributed by atoms with E-state index in [2.05, 4.69) is 5.32 Å². The van der Waals surface area contributed by atoms with Gasteiger partial charge in [-0.15, -0.1) is 0 Å². The number of anilines is 1.